The Balaban J connectivity index is 1.54. The van der Waals surface area contributed by atoms with Crippen molar-refractivity contribution in [2.75, 3.05) is 52.5 Å². The summed E-state index contributed by atoms with van der Waals surface area (Å²) in [6.45, 7) is 11.8. The van der Waals surface area contributed by atoms with Crippen molar-refractivity contribution in [1.82, 2.24) is 9.80 Å². The van der Waals surface area contributed by atoms with Gasteiger partial charge >= 0.3 is 0 Å². The van der Waals surface area contributed by atoms with E-state index in [1.165, 1.54) is 16.7 Å². The first kappa shape index (κ1) is 22.0. The molecule has 1 aromatic heterocycles. The Morgan fingerprint density at radius 3 is 2.79 bits per heavy atom. The Morgan fingerprint density at radius 1 is 1.21 bits per heavy atom. The van der Waals surface area contributed by atoms with E-state index in [0.717, 1.165) is 51.7 Å². The predicted molar refractivity (Wildman–Crippen MR) is 113 cm³/mol. The van der Waals surface area contributed by atoms with Gasteiger partial charge < -0.3 is 19.0 Å². The lowest BCUT2D eigenvalue weighted by atomic mass is 10.0. The Kier molecular flexibility index (Phi) is 8.70. The molecule has 1 aromatic carbocycles. The lowest BCUT2D eigenvalue weighted by molar-refractivity contribution is -0.00155. The number of furan rings is 1. The molecule has 6 nitrogen and oxygen atoms in total. The van der Waals surface area contributed by atoms with E-state index in [1.54, 1.807) is 6.26 Å². The van der Waals surface area contributed by atoms with Crippen LogP contribution < -0.4 is 0 Å². The van der Waals surface area contributed by atoms with E-state index >= 15 is 0 Å². The van der Waals surface area contributed by atoms with Crippen molar-refractivity contribution in [2.24, 2.45) is 0 Å². The highest BCUT2D eigenvalue weighted by atomic mass is 16.5. The SMILES string of the molecule is Cc1ccc(C)c(CN(CCN2CCOCC2)CC(O)COCc2ccco2)c1. The van der Waals surface area contributed by atoms with Crippen molar-refractivity contribution in [1.29, 1.82) is 0 Å². The first-order valence-corrected chi connectivity index (χ1v) is 10.5. The van der Waals surface area contributed by atoms with Crippen LogP contribution in [-0.4, -0.2) is 73.6 Å². The zero-order valence-corrected chi connectivity index (χ0v) is 17.7. The predicted octanol–water partition coefficient (Wildman–Crippen LogP) is 2.61. The van der Waals surface area contributed by atoms with Crippen LogP contribution in [0.5, 0.6) is 0 Å². The highest BCUT2D eigenvalue weighted by molar-refractivity contribution is 5.30. The fourth-order valence-electron chi connectivity index (χ4n) is 3.60. The van der Waals surface area contributed by atoms with Gasteiger partial charge in [0.2, 0.25) is 0 Å². The molecule has 1 unspecified atom stereocenters. The van der Waals surface area contributed by atoms with Crippen molar-refractivity contribution < 1.29 is 19.0 Å². The molecule has 0 spiro atoms. The molecular formula is C23H34N2O4. The molecule has 1 N–H and O–H groups in total. The molecule has 2 aromatic rings. The number of nitrogens with zero attached hydrogens (tertiary/aromatic N) is 2. The molecule has 29 heavy (non-hydrogen) atoms. The van der Waals surface area contributed by atoms with Crippen LogP contribution in [0.2, 0.25) is 0 Å². The van der Waals surface area contributed by atoms with Crippen LogP contribution in [-0.2, 0) is 22.6 Å². The number of aryl methyl sites for hydroxylation is 2. The van der Waals surface area contributed by atoms with E-state index in [2.05, 4.69) is 41.8 Å². The molecule has 1 atom stereocenters. The largest absolute Gasteiger partial charge is 0.467 e. The molecular weight excluding hydrogens is 368 g/mol. The van der Waals surface area contributed by atoms with E-state index in [-0.39, 0.29) is 0 Å². The molecule has 0 saturated carbocycles. The summed E-state index contributed by atoms with van der Waals surface area (Å²) in [7, 11) is 0. The third-order valence-corrected chi connectivity index (χ3v) is 5.34. The van der Waals surface area contributed by atoms with Gasteiger partial charge in [-0.15, -0.1) is 0 Å². The van der Waals surface area contributed by atoms with Crippen LogP contribution in [0, 0.1) is 13.8 Å². The zero-order valence-electron chi connectivity index (χ0n) is 17.7. The van der Waals surface area contributed by atoms with Gasteiger partial charge in [0, 0.05) is 39.3 Å². The smallest absolute Gasteiger partial charge is 0.129 e. The normalized spacial score (nSPS) is 16.4. The third kappa shape index (κ3) is 7.57. The van der Waals surface area contributed by atoms with Crippen molar-refractivity contribution in [3.63, 3.8) is 0 Å². The molecule has 6 heteroatoms. The molecule has 0 bridgehead atoms. The van der Waals surface area contributed by atoms with Crippen LogP contribution in [0.15, 0.2) is 41.0 Å². The second-order valence-corrected chi connectivity index (χ2v) is 7.87. The van der Waals surface area contributed by atoms with E-state index in [1.807, 2.05) is 12.1 Å². The second-order valence-electron chi connectivity index (χ2n) is 7.87. The first-order valence-electron chi connectivity index (χ1n) is 10.5. The fourth-order valence-corrected chi connectivity index (χ4v) is 3.60. The highest BCUT2D eigenvalue weighted by Crippen LogP contribution is 2.14. The Labute approximate surface area is 174 Å². The summed E-state index contributed by atoms with van der Waals surface area (Å²) in [6, 6.07) is 10.3. The number of benzene rings is 1. The van der Waals surface area contributed by atoms with Gasteiger partial charge in [0.05, 0.1) is 32.2 Å². The topological polar surface area (TPSA) is 58.3 Å². The van der Waals surface area contributed by atoms with Gasteiger partial charge in [0.1, 0.15) is 12.4 Å². The maximum absolute atomic E-state index is 10.6. The molecule has 1 saturated heterocycles. The number of hydrogen-bond donors (Lipinski definition) is 1. The molecule has 1 aliphatic heterocycles. The van der Waals surface area contributed by atoms with Crippen molar-refractivity contribution in [3.05, 3.63) is 59.0 Å². The summed E-state index contributed by atoms with van der Waals surface area (Å²) in [5, 5.41) is 10.6. The third-order valence-electron chi connectivity index (χ3n) is 5.34. The van der Waals surface area contributed by atoms with Gasteiger partial charge in [-0.3, -0.25) is 9.80 Å². The van der Waals surface area contributed by atoms with Crippen molar-refractivity contribution >= 4 is 0 Å². The minimum absolute atomic E-state index is 0.293. The van der Waals surface area contributed by atoms with Gasteiger partial charge in [0.15, 0.2) is 0 Å². The summed E-state index contributed by atoms with van der Waals surface area (Å²) >= 11 is 0. The minimum atomic E-state index is -0.542. The number of ether oxygens (including phenoxy) is 2. The zero-order chi connectivity index (χ0) is 20.5. The molecule has 1 aliphatic rings. The fraction of sp³-hybridized carbons (Fsp3) is 0.565. The standard InChI is InChI=1S/C23H34N2O4/c1-19-5-6-20(2)21(14-19)15-25(8-7-24-9-12-27-13-10-24)16-22(26)17-28-18-23-4-3-11-29-23/h3-6,11,14,22,26H,7-10,12-13,15-18H2,1-2H3. The summed E-state index contributed by atoms with van der Waals surface area (Å²) in [4.78, 5) is 4.76. The molecule has 0 radical (unpaired) electrons. The monoisotopic (exact) mass is 402 g/mol. The maximum Gasteiger partial charge on any atom is 0.129 e. The van der Waals surface area contributed by atoms with Crippen molar-refractivity contribution in [3.8, 4) is 0 Å². The first-order chi connectivity index (χ1) is 14.1. The minimum Gasteiger partial charge on any atom is -0.467 e. The van der Waals surface area contributed by atoms with E-state index in [0.29, 0.717) is 19.8 Å². The number of aliphatic hydroxyl groups excluding tert-OH is 1. The van der Waals surface area contributed by atoms with Crippen LogP contribution in [0.4, 0.5) is 0 Å². The van der Waals surface area contributed by atoms with Crippen LogP contribution >= 0.6 is 0 Å². The Bertz CT molecular complexity index is 714. The average Bonchev–Trinajstić information content (AvgIpc) is 3.23. The van der Waals surface area contributed by atoms with E-state index in [4.69, 9.17) is 13.9 Å². The average molecular weight is 403 g/mol. The molecule has 0 aliphatic carbocycles. The number of aliphatic hydroxyl groups is 1. The van der Waals surface area contributed by atoms with Crippen LogP contribution in [0.3, 0.4) is 0 Å². The van der Waals surface area contributed by atoms with E-state index in [9.17, 15) is 5.11 Å². The lowest BCUT2D eigenvalue weighted by Crippen LogP contribution is -2.43. The lowest BCUT2D eigenvalue weighted by Gasteiger charge is -2.31. The second kappa shape index (κ2) is 11.5. The summed E-state index contributed by atoms with van der Waals surface area (Å²) in [6.07, 6.45) is 1.09. The molecule has 0 amide bonds. The number of morpholine rings is 1. The van der Waals surface area contributed by atoms with Gasteiger partial charge in [0.25, 0.3) is 0 Å². The van der Waals surface area contributed by atoms with Crippen molar-refractivity contribution in [2.45, 2.75) is 33.1 Å². The molecule has 1 fully saturated rings. The molecule has 2 heterocycles. The quantitative estimate of drug-likeness (QED) is 0.624. The van der Waals surface area contributed by atoms with Gasteiger partial charge in [-0.25, -0.2) is 0 Å². The maximum atomic E-state index is 10.6. The summed E-state index contributed by atoms with van der Waals surface area (Å²) in [5.74, 6) is 0.775. The Hall–Kier alpha value is -1.70. The van der Waals surface area contributed by atoms with Gasteiger partial charge in [-0.2, -0.15) is 0 Å². The highest BCUT2D eigenvalue weighted by Gasteiger charge is 2.17. The summed E-state index contributed by atoms with van der Waals surface area (Å²) < 4.78 is 16.4. The van der Waals surface area contributed by atoms with Crippen LogP contribution in [0.25, 0.3) is 0 Å². The summed E-state index contributed by atoms with van der Waals surface area (Å²) in [5.41, 5.74) is 3.87. The van der Waals surface area contributed by atoms with Gasteiger partial charge in [-0.05, 0) is 37.1 Å². The molecule has 3 rings (SSSR count). The van der Waals surface area contributed by atoms with Crippen LogP contribution in [0.1, 0.15) is 22.5 Å². The molecule has 160 valence electrons. The Morgan fingerprint density at radius 2 is 2.03 bits per heavy atom. The number of hydrogen-bond acceptors (Lipinski definition) is 6. The van der Waals surface area contributed by atoms with Gasteiger partial charge in [-0.1, -0.05) is 23.8 Å². The van der Waals surface area contributed by atoms with E-state index < -0.39 is 6.10 Å². The number of rotatable bonds is 11.